The van der Waals surface area contributed by atoms with Gasteiger partial charge in [0, 0.05) is 0 Å². The van der Waals surface area contributed by atoms with Gasteiger partial charge >= 0.3 is 29.0 Å². The van der Waals surface area contributed by atoms with E-state index in [0.717, 1.165) is 0 Å². The minimum atomic E-state index is -5.52. The molecule has 9 nitrogen and oxygen atoms in total. The standard InChI is InChI=1S/C6H9O9P.Mg/c7-1-2(8)4-3(9)5(6(10)14-4)15-16(11,12)13;/h2,4,7-9H,1H2,(H2,11,12,13);/q;+2/p-2/t2-,4+;/m0./s1. The van der Waals surface area contributed by atoms with Crippen molar-refractivity contribution in [3.63, 3.8) is 0 Å². The minimum absolute atomic E-state index is 0. The van der Waals surface area contributed by atoms with Crippen LogP contribution in [0, 0.1) is 0 Å². The second-order valence-corrected chi connectivity index (χ2v) is 3.91. The Labute approximate surface area is 111 Å². The fourth-order valence-electron chi connectivity index (χ4n) is 1.01. The van der Waals surface area contributed by atoms with Crippen molar-refractivity contribution in [2.75, 3.05) is 6.61 Å². The molecule has 1 aliphatic rings. The first kappa shape index (κ1) is 16.6. The first-order valence-electron chi connectivity index (χ1n) is 3.91. The third kappa shape index (κ3) is 4.10. The van der Waals surface area contributed by atoms with Gasteiger partial charge in [-0.2, -0.15) is 0 Å². The predicted molar refractivity (Wildman–Crippen MR) is 47.1 cm³/mol. The number of carbonyl (C=O) groups excluding carboxylic acids is 1. The molecular formula is C6H7MgO9P. The van der Waals surface area contributed by atoms with Crippen molar-refractivity contribution in [1.29, 1.82) is 0 Å². The van der Waals surface area contributed by atoms with Crippen LogP contribution < -0.4 is 9.79 Å². The van der Waals surface area contributed by atoms with E-state index in [4.69, 9.17) is 10.2 Å². The molecule has 0 bridgehead atoms. The zero-order chi connectivity index (χ0) is 12.5. The average Bonchev–Trinajstić information content (AvgIpc) is 2.42. The maximum absolute atomic E-state index is 10.9. The molecule has 3 N–H and O–H groups in total. The van der Waals surface area contributed by atoms with E-state index in [2.05, 4.69) is 9.26 Å². The summed E-state index contributed by atoms with van der Waals surface area (Å²) in [4.78, 5) is 31.4. The maximum Gasteiger partial charge on any atom is 2.00 e. The molecule has 0 aliphatic carbocycles. The van der Waals surface area contributed by atoms with Gasteiger partial charge in [-0.1, -0.05) is 0 Å². The van der Waals surface area contributed by atoms with Crippen LogP contribution in [0.2, 0.25) is 0 Å². The van der Waals surface area contributed by atoms with Gasteiger partial charge in [-0.15, -0.1) is 0 Å². The quantitative estimate of drug-likeness (QED) is 0.269. The molecule has 0 spiro atoms. The van der Waals surface area contributed by atoms with E-state index in [9.17, 15) is 24.3 Å². The number of hydrogen-bond acceptors (Lipinski definition) is 9. The molecular weight excluding hydrogens is 271 g/mol. The van der Waals surface area contributed by atoms with Gasteiger partial charge in [-0.3, -0.25) is 0 Å². The molecule has 0 amide bonds. The van der Waals surface area contributed by atoms with Crippen LogP contribution in [-0.4, -0.2) is 63.2 Å². The molecule has 17 heavy (non-hydrogen) atoms. The second-order valence-electron chi connectivity index (χ2n) is 2.83. The first-order chi connectivity index (χ1) is 7.26. The van der Waals surface area contributed by atoms with Crippen LogP contribution in [0.3, 0.4) is 0 Å². The van der Waals surface area contributed by atoms with Gasteiger partial charge in [0.2, 0.25) is 0 Å². The summed E-state index contributed by atoms with van der Waals surface area (Å²) in [6, 6.07) is 0. The molecule has 11 heteroatoms. The SMILES string of the molecule is O=C1O[C@H]([C@@H](O)CO)C(O)=C1OP(=O)([O-])[O-].[Mg+2]. The number of phosphoric acid groups is 1. The number of ether oxygens (including phenoxy) is 1. The van der Waals surface area contributed by atoms with E-state index in [1.54, 1.807) is 0 Å². The van der Waals surface area contributed by atoms with Gasteiger partial charge in [-0.05, 0) is 0 Å². The Morgan fingerprint density at radius 3 is 2.47 bits per heavy atom. The van der Waals surface area contributed by atoms with Crippen molar-refractivity contribution in [2.24, 2.45) is 0 Å². The number of cyclic esters (lactones) is 1. The fourth-order valence-corrected chi connectivity index (χ4v) is 1.40. The number of rotatable bonds is 4. The zero-order valence-corrected chi connectivity index (χ0v) is 10.6. The number of aliphatic hydroxyl groups excluding tert-OH is 3. The van der Waals surface area contributed by atoms with Crippen LogP contribution in [0.4, 0.5) is 0 Å². The number of carbonyl (C=O) groups is 1. The van der Waals surface area contributed by atoms with Crippen LogP contribution in [0.15, 0.2) is 11.5 Å². The van der Waals surface area contributed by atoms with Crippen molar-refractivity contribution < 1.29 is 43.7 Å². The van der Waals surface area contributed by atoms with E-state index in [-0.39, 0.29) is 23.1 Å². The molecule has 2 atom stereocenters. The van der Waals surface area contributed by atoms with Crippen LogP contribution in [-0.2, 0) is 18.6 Å². The summed E-state index contributed by atoms with van der Waals surface area (Å²) in [7, 11) is -5.52. The van der Waals surface area contributed by atoms with Gasteiger partial charge in [0.25, 0.3) is 5.76 Å². The molecule has 0 radical (unpaired) electrons. The van der Waals surface area contributed by atoms with Crippen molar-refractivity contribution >= 4 is 36.8 Å². The number of aliphatic hydroxyl groups is 3. The molecule has 1 rings (SSSR count). The smallest absolute Gasteiger partial charge is 0.780 e. The third-order valence-electron chi connectivity index (χ3n) is 1.66. The van der Waals surface area contributed by atoms with E-state index in [1.807, 2.05) is 0 Å². The van der Waals surface area contributed by atoms with Crippen molar-refractivity contribution in [1.82, 2.24) is 0 Å². The molecule has 1 aliphatic heterocycles. The van der Waals surface area contributed by atoms with Crippen LogP contribution in [0.25, 0.3) is 0 Å². The van der Waals surface area contributed by atoms with Crippen molar-refractivity contribution in [3.8, 4) is 0 Å². The summed E-state index contributed by atoms with van der Waals surface area (Å²) in [6.45, 7) is -0.846. The Balaban J connectivity index is 0.00000256. The Morgan fingerprint density at radius 1 is 1.53 bits per heavy atom. The Bertz CT molecular complexity index is 374. The summed E-state index contributed by atoms with van der Waals surface area (Å²) in [5.74, 6) is -3.67. The zero-order valence-electron chi connectivity index (χ0n) is 8.31. The van der Waals surface area contributed by atoms with E-state index >= 15 is 0 Å². The Kier molecular flexibility index (Phi) is 5.88. The summed E-state index contributed by atoms with van der Waals surface area (Å²) < 4.78 is 18.2. The molecule has 1 heterocycles. The summed E-state index contributed by atoms with van der Waals surface area (Å²) in [5.41, 5.74) is 0. The van der Waals surface area contributed by atoms with Gasteiger partial charge in [0.15, 0.2) is 11.9 Å². The van der Waals surface area contributed by atoms with Gasteiger partial charge in [0.05, 0.1) is 6.61 Å². The molecule has 0 aromatic rings. The summed E-state index contributed by atoms with van der Waals surface area (Å²) in [6.07, 6.45) is -3.30. The van der Waals surface area contributed by atoms with Crippen LogP contribution in [0.1, 0.15) is 0 Å². The van der Waals surface area contributed by atoms with Crippen LogP contribution in [0.5, 0.6) is 0 Å². The average molecular weight is 278 g/mol. The molecule has 0 aromatic carbocycles. The van der Waals surface area contributed by atoms with Gasteiger partial charge in [-0.25, -0.2) is 4.79 Å². The van der Waals surface area contributed by atoms with Gasteiger partial charge in [0.1, 0.15) is 13.9 Å². The predicted octanol–water partition coefficient (Wildman–Crippen LogP) is -3.50. The molecule has 0 saturated carbocycles. The van der Waals surface area contributed by atoms with Crippen molar-refractivity contribution in [2.45, 2.75) is 12.2 Å². The van der Waals surface area contributed by atoms with E-state index < -0.39 is 44.1 Å². The number of esters is 1. The van der Waals surface area contributed by atoms with Crippen molar-refractivity contribution in [3.05, 3.63) is 11.5 Å². The van der Waals surface area contributed by atoms with Gasteiger partial charge < -0.3 is 38.9 Å². The molecule has 0 unspecified atom stereocenters. The monoisotopic (exact) mass is 278 g/mol. The normalized spacial score (nSPS) is 21.9. The minimum Gasteiger partial charge on any atom is -0.780 e. The Hall–Kier alpha value is -0.354. The largest absolute Gasteiger partial charge is 2.00 e. The molecule has 0 aromatic heterocycles. The maximum atomic E-state index is 10.9. The second kappa shape index (κ2) is 6.00. The fraction of sp³-hybridized carbons (Fsp3) is 0.500. The molecule has 92 valence electrons. The van der Waals surface area contributed by atoms with E-state index in [0.29, 0.717) is 0 Å². The number of phosphoric ester groups is 1. The Morgan fingerprint density at radius 2 is 2.06 bits per heavy atom. The third-order valence-corrected chi connectivity index (χ3v) is 2.07. The summed E-state index contributed by atoms with van der Waals surface area (Å²) >= 11 is 0. The summed E-state index contributed by atoms with van der Waals surface area (Å²) in [5, 5.41) is 26.8. The molecule has 0 saturated heterocycles. The first-order valence-corrected chi connectivity index (χ1v) is 5.37. The number of hydrogen-bond donors (Lipinski definition) is 3. The van der Waals surface area contributed by atoms with E-state index in [1.165, 1.54) is 0 Å². The topological polar surface area (TPSA) is 159 Å². The molecule has 0 fully saturated rings. The van der Waals surface area contributed by atoms with Crippen LogP contribution >= 0.6 is 7.82 Å².